The topological polar surface area (TPSA) is 74.2 Å². The number of hydrogen-bond acceptors (Lipinski definition) is 5. The molecule has 0 saturated heterocycles. The summed E-state index contributed by atoms with van der Waals surface area (Å²) in [5.41, 5.74) is 4.78. The SMILES string of the molecule is CCc1cccc(CNC[C@@H](O)[C@H](Cc2cc(F)cc(F)c2)NC(=O)c2cc(C)cc(-c3nccs3)c2)c1. The highest BCUT2D eigenvalue weighted by Crippen LogP contribution is 2.24. The van der Waals surface area contributed by atoms with Crippen LogP contribution < -0.4 is 10.6 Å². The first-order chi connectivity index (χ1) is 18.3. The molecule has 0 spiro atoms. The summed E-state index contributed by atoms with van der Waals surface area (Å²) in [7, 11) is 0. The highest BCUT2D eigenvalue weighted by molar-refractivity contribution is 7.13. The number of halogens is 2. The zero-order valence-electron chi connectivity index (χ0n) is 21.4. The van der Waals surface area contributed by atoms with Gasteiger partial charge in [0.25, 0.3) is 5.91 Å². The maximum Gasteiger partial charge on any atom is 0.251 e. The lowest BCUT2D eigenvalue weighted by molar-refractivity contribution is 0.0830. The minimum atomic E-state index is -1.01. The molecule has 0 fully saturated rings. The average molecular weight is 536 g/mol. The molecule has 1 amide bonds. The van der Waals surface area contributed by atoms with Gasteiger partial charge >= 0.3 is 0 Å². The number of aromatic nitrogens is 1. The molecule has 3 aromatic carbocycles. The third-order valence-electron chi connectivity index (χ3n) is 6.26. The van der Waals surface area contributed by atoms with E-state index < -0.39 is 23.8 Å². The van der Waals surface area contributed by atoms with Crippen LogP contribution in [-0.2, 0) is 19.4 Å². The highest BCUT2D eigenvalue weighted by atomic mass is 32.1. The summed E-state index contributed by atoms with van der Waals surface area (Å²) in [6.07, 6.45) is 1.68. The molecule has 0 bridgehead atoms. The van der Waals surface area contributed by atoms with E-state index in [1.165, 1.54) is 29.0 Å². The lowest BCUT2D eigenvalue weighted by Gasteiger charge is -2.25. The van der Waals surface area contributed by atoms with Crippen molar-refractivity contribution in [2.75, 3.05) is 6.54 Å². The van der Waals surface area contributed by atoms with Crippen molar-refractivity contribution in [1.82, 2.24) is 15.6 Å². The number of rotatable bonds is 11. The number of aliphatic hydroxyl groups is 1. The fraction of sp³-hybridized carbons (Fsp3) is 0.267. The second-order valence-corrected chi connectivity index (χ2v) is 10.3. The van der Waals surface area contributed by atoms with E-state index in [2.05, 4.69) is 34.7 Å². The fourth-order valence-corrected chi connectivity index (χ4v) is 5.01. The van der Waals surface area contributed by atoms with E-state index in [1.54, 1.807) is 18.3 Å². The zero-order valence-corrected chi connectivity index (χ0v) is 22.2. The van der Waals surface area contributed by atoms with Gasteiger partial charge in [0.15, 0.2) is 0 Å². The lowest BCUT2D eigenvalue weighted by atomic mass is 9.99. The van der Waals surface area contributed by atoms with E-state index in [0.717, 1.165) is 34.2 Å². The molecule has 0 aliphatic heterocycles. The fourth-order valence-electron chi connectivity index (χ4n) is 4.39. The predicted molar refractivity (Wildman–Crippen MR) is 147 cm³/mol. The number of benzene rings is 3. The number of aliphatic hydroxyl groups excluding tert-OH is 1. The molecular weight excluding hydrogens is 504 g/mol. The second-order valence-electron chi connectivity index (χ2n) is 9.36. The van der Waals surface area contributed by atoms with E-state index in [1.807, 2.05) is 30.5 Å². The molecule has 1 heterocycles. The van der Waals surface area contributed by atoms with Gasteiger partial charge in [-0.3, -0.25) is 4.79 Å². The Morgan fingerprint density at radius 3 is 2.50 bits per heavy atom. The van der Waals surface area contributed by atoms with Gasteiger partial charge in [-0.25, -0.2) is 13.8 Å². The number of nitrogens with zero attached hydrogens (tertiary/aromatic N) is 1. The summed E-state index contributed by atoms with van der Waals surface area (Å²) in [6, 6.07) is 16.1. The Morgan fingerprint density at radius 1 is 1.03 bits per heavy atom. The third kappa shape index (κ3) is 7.54. The Labute approximate surface area is 225 Å². The van der Waals surface area contributed by atoms with Crippen molar-refractivity contribution < 1.29 is 18.7 Å². The first kappa shape index (κ1) is 27.6. The number of thiazole rings is 1. The molecule has 38 heavy (non-hydrogen) atoms. The van der Waals surface area contributed by atoms with Gasteiger partial charge in [-0.2, -0.15) is 0 Å². The largest absolute Gasteiger partial charge is 0.390 e. The van der Waals surface area contributed by atoms with Gasteiger partial charge in [0, 0.05) is 41.9 Å². The van der Waals surface area contributed by atoms with Crippen molar-refractivity contribution in [1.29, 1.82) is 0 Å². The molecule has 5 nitrogen and oxygen atoms in total. The van der Waals surface area contributed by atoms with Crippen molar-refractivity contribution >= 4 is 17.2 Å². The Hall–Kier alpha value is -3.46. The maximum atomic E-state index is 13.9. The molecule has 198 valence electrons. The molecule has 3 N–H and O–H groups in total. The second kappa shape index (κ2) is 12.9. The number of amides is 1. The van der Waals surface area contributed by atoms with Gasteiger partial charge in [0.05, 0.1) is 12.1 Å². The number of nitrogens with one attached hydrogen (secondary N) is 2. The molecule has 0 aliphatic rings. The standard InChI is InChI=1S/C30H31F2N3O2S/c1-3-20-5-4-6-21(11-20)17-33-18-28(36)27(14-22-12-25(31)16-26(32)13-22)35-29(37)23-9-19(2)10-24(15-23)30-34-7-8-38-30/h4-13,15-16,27-28,33,36H,3,14,17-18H2,1-2H3,(H,35,37)/t27-,28+/m0/s1. The van der Waals surface area contributed by atoms with Crippen LogP contribution in [0, 0.1) is 18.6 Å². The molecule has 4 rings (SSSR count). The molecule has 4 aromatic rings. The van der Waals surface area contributed by atoms with Crippen molar-refractivity contribution in [2.45, 2.75) is 45.4 Å². The van der Waals surface area contributed by atoms with Crippen LogP contribution in [0.25, 0.3) is 10.6 Å². The molecule has 0 saturated carbocycles. The van der Waals surface area contributed by atoms with E-state index in [0.29, 0.717) is 17.7 Å². The van der Waals surface area contributed by atoms with E-state index >= 15 is 0 Å². The van der Waals surface area contributed by atoms with Gasteiger partial charge in [-0.15, -0.1) is 11.3 Å². The molecule has 1 aromatic heterocycles. The van der Waals surface area contributed by atoms with Gasteiger partial charge in [0.1, 0.15) is 16.6 Å². The summed E-state index contributed by atoms with van der Waals surface area (Å²) >= 11 is 1.48. The first-order valence-corrected chi connectivity index (χ1v) is 13.4. The van der Waals surface area contributed by atoms with Crippen LogP contribution in [-0.4, -0.2) is 34.7 Å². The number of aryl methyl sites for hydroxylation is 2. The van der Waals surface area contributed by atoms with E-state index in [-0.39, 0.29) is 18.9 Å². The first-order valence-electron chi connectivity index (χ1n) is 12.5. The van der Waals surface area contributed by atoms with Crippen molar-refractivity contribution in [3.8, 4) is 10.6 Å². The Bertz CT molecular complexity index is 1360. The van der Waals surface area contributed by atoms with Crippen molar-refractivity contribution in [3.63, 3.8) is 0 Å². The van der Waals surface area contributed by atoms with Crippen LogP contribution in [0.5, 0.6) is 0 Å². The summed E-state index contributed by atoms with van der Waals surface area (Å²) in [6.45, 7) is 4.70. The zero-order chi connectivity index (χ0) is 27.1. The van der Waals surface area contributed by atoms with E-state index in [9.17, 15) is 18.7 Å². The lowest BCUT2D eigenvalue weighted by Crippen LogP contribution is -2.48. The predicted octanol–water partition coefficient (Wildman–Crippen LogP) is 5.45. The molecule has 0 unspecified atom stereocenters. The van der Waals surface area contributed by atoms with Crippen LogP contribution in [0.15, 0.2) is 72.2 Å². The van der Waals surface area contributed by atoms with Crippen molar-refractivity contribution in [3.05, 3.63) is 112 Å². The van der Waals surface area contributed by atoms with Crippen molar-refractivity contribution in [2.24, 2.45) is 0 Å². The summed E-state index contributed by atoms with van der Waals surface area (Å²) in [5, 5.41) is 19.9. The van der Waals surface area contributed by atoms with Crippen LogP contribution in [0.1, 0.15) is 39.5 Å². The summed E-state index contributed by atoms with van der Waals surface area (Å²) in [4.78, 5) is 17.6. The normalized spacial score (nSPS) is 12.8. The van der Waals surface area contributed by atoms with Crippen LogP contribution >= 0.6 is 11.3 Å². The smallest absolute Gasteiger partial charge is 0.251 e. The van der Waals surface area contributed by atoms with E-state index in [4.69, 9.17) is 0 Å². The molecule has 0 radical (unpaired) electrons. The van der Waals surface area contributed by atoms with Gasteiger partial charge in [-0.1, -0.05) is 31.2 Å². The minimum absolute atomic E-state index is 0.0553. The van der Waals surface area contributed by atoms with Gasteiger partial charge in [0.2, 0.25) is 0 Å². The number of carbonyl (C=O) groups is 1. The minimum Gasteiger partial charge on any atom is -0.390 e. The quantitative estimate of drug-likeness (QED) is 0.239. The number of carbonyl (C=O) groups excluding carboxylic acids is 1. The molecule has 8 heteroatoms. The number of hydrogen-bond donors (Lipinski definition) is 3. The monoisotopic (exact) mass is 535 g/mol. The average Bonchev–Trinajstić information content (AvgIpc) is 3.43. The Balaban J connectivity index is 1.51. The highest BCUT2D eigenvalue weighted by Gasteiger charge is 2.23. The molecular formula is C30H31F2N3O2S. The maximum absolute atomic E-state index is 13.9. The van der Waals surface area contributed by atoms with Gasteiger partial charge in [-0.05, 0) is 72.4 Å². The van der Waals surface area contributed by atoms with Crippen LogP contribution in [0.4, 0.5) is 8.78 Å². The molecule has 0 aliphatic carbocycles. The van der Waals surface area contributed by atoms with Gasteiger partial charge < -0.3 is 15.7 Å². The summed E-state index contributed by atoms with van der Waals surface area (Å²) < 4.78 is 27.8. The van der Waals surface area contributed by atoms with Crippen LogP contribution in [0.2, 0.25) is 0 Å². The third-order valence-corrected chi connectivity index (χ3v) is 7.08. The molecule has 2 atom stereocenters. The summed E-state index contributed by atoms with van der Waals surface area (Å²) in [5.74, 6) is -1.80. The Kier molecular flexibility index (Phi) is 9.33. The Morgan fingerprint density at radius 2 is 1.79 bits per heavy atom. The van der Waals surface area contributed by atoms with Crippen LogP contribution in [0.3, 0.4) is 0 Å².